The van der Waals surface area contributed by atoms with Gasteiger partial charge in [-0.3, -0.25) is 0 Å². The summed E-state index contributed by atoms with van der Waals surface area (Å²) in [4.78, 5) is 1.30. The molecule has 0 aliphatic carbocycles. The molecule has 0 spiro atoms. The Labute approximate surface area is 124 Å². The van der Waals surface area contributed by atoms with Gasteiger partial charge >= 0.3 is 0 Å². The van der Waals surface area contributed by atoms with Crippen molar-refractivity contribution in [1.82, 2.24) is 5.32 Å². The van der Waals surface area contributed by atoms with Crippen LogP contribution in [0, 0.1) is 5.82 Å². The van der Waals surface area contributed by atoms with Gasteiger partial charge in [0.2, 0.25) is 0 Å². The number of hydrogen-bond donors (Lipinski definition) is 1. The molecule has 1 aromatic carbocycles. The molecule has 1 heterocycles. The molecule has 2 rings (SSSR count). The highest BCUT2D eigenvalue weighted by Crippen LogP contribution is 2.25. The summed E-state index contributed by atoms with van der Waals surface area (Å²) in [5, 5.41) is 5.57. The van der Waals surface area contributed by atoms with Crippen LogP contribution in [0.3, 0.4) is 0 Å². The summed E-state index contributed by atoms with van der Waals surface area (Å²) in [6.07, 6.45) is 0.877. The van der Waals surface area contributed by atoms with Crippen molar-refractivity contribution < 1.29 is 4.39 Å². The lowest BCUT2D eigenvalue weighted by atomic mass is 9.93. The third-order valence-electron chi connectivity index (χ3n) is 3.25. The fourth-order valence-corrected chi connectivity index (χ4v) is 2.99. The van der Waals surface area contributed by atoms with E-state index in [1.807, 2.05) is 12.1 Å². The fourth-order valence-electron chi connectivity index (χ4n) is 2.20. The molecule has 0 saturated heterocycles. The summed E-state index contributed by atoms with van der Waals surface area (Å²) < 4.78 is 14.1. The standard InChI is InChI=1S/C17H22FNS/c1-17(2,3)19-12-13(11-14-7-6-10-20-14)15-8-4-5-9-16(15)18/h4-10,13,19H,11-12H2,1-3H3. The second kappa shape index (κ2) is 6.51. The van der Waals surface area contributed by atoms with E-state index >= 15 is 0 Å². The van der Waals surface area contributed by atoms with Gasteiger partial charge in [-0.1, -0.05) is 24.3 Å². The van der Waals surface area contributed by atoms with Crippen LogP contribution in [-0.4, -0.2) is 12.1 Å². The fraction of sp³-hybridized carbons (Fsp3) is 0.412. The van der Waals surface area contributed by atoms with Gasteiger partial charge in [-0.15, -0.1) is 11.3 Å². The molecule has 20 heavy (non-hydrogen) atoms. The van der Waals surface area contributed by atoms with E-state index < -0.39 is 0 Å². The van der Waals surface area contributed by atoms with E-state index in [2.05, 4.69) is 43.6 Å². The van der Waals surface area contributed by atoms with Crippen molar-refractivity contribution in [3.63, 3.8) is 0 Å². The Hall–Kier alpha value is -1.19. The van der Waals surface area contributed by atoms with Gasteiger partial charge in [0.05, 0.1) is 0 Å². The molecule has 0 aliphatic rings. The Balaban J connectivity index is 2.17. The summed E-state index contributed by atoms with van der Waals surface area (Å²) in [5.41, 5.74) is 0.844. The molecule has 1 unspecified atom stereocenters. The van der Waals surface area contributed by atoms with Crippen LogP contribution in [-0.2, 0) is 6.42 Å². The molecular weight excluding hydrogens is 269 g/mol. The minimum Gasteiger partial charge on any atom is -0.311 e. The van der Waals surface area contributed by atoms with Crippen LogP contribution in [0.5, 0.6) is 0 Å². The lowest BCUT2D eigenvalue weighted by molar-refractivity contribution is 0.401. The Bertz CT molecular complexity index is 528. The topological polar surface area (TPSA) is 12.0 Å². The SMILES string of the molecule is CC(C)(C)NCC(Cc1cccs1)c1ccccc1F. The first-order valence-corrected chi connectivity index (χ1v) is 7.85. The molecule has 3 heteroatoms. The summed E-state index contributed by atoms with van der Waals surface area (Å²) >= 11 is 1.73. The maximum Gasteiger partial charge on any atom is 0.126 e. The van der Waals surface area contributed by atoms with E-state index in [1.54, 1.807) is 23.5 Å². The Morgan fingerprint density at radius 3 is 2.50 bits per heavy atom. The number of thiophene rings is 1. The average Bonchev–Trinajstić information content (AvgIpc) is 2.87. The zero-order valence-corrected chi connectivity index (χ0v) is 13.1. The maximum atomic E-state index is 14.1. The minimum atomic E-state index is -0.107. The first kappa shape index (κ1) is 15.2. The van der Waals surface area contributed by atoms with Gasteiger partial charge in [-0.25, -0.2) is 4.39 Å². The Kier molecular flexibility index (Phi) is 4.95. The molecule has 0 saturated carbocycles. The minimum absolute atomic E-state index is 0.0406. The van der Waals surface area contributed by atoms with E-state index in [-0.39, 0.29) is 17.3 Å². The lowest BCUT2D eigenvalue weighted by Gasteiger charge is -2.25. The molecule has 1 aromatic heterocycles. The van der Waals surface area contributed by atoms with Crippen molar-refractivity contribution in [2.24, 2.45) is 0 Å². The van der Waals surface area contributed by atoms with E-state index in [9.17, 15) is 4.39 Å². The van der Waals surface area contributed by atoms with Gasteiger partial charge in [0, 0.05) is 22.9 Å². The van der Waals surface area contributed by atoms with Crippen LogP contribution in [0.2, 0.25) is 0 Å². The van der Waals surface area contributed by atoms with Crippen molar-refractivity contribution in [1.29, 1.82) is 0 Å². The zero-order valence-electron chi connectivity index (χ0n) is 12.3. The number of benzene rings is 1. The van der Waals surface area contributed by atoms with Crippen molar-refractivity contribution >= 4 is 11.3 Å². The van der Waals surface area contributed by atoms with Crippen LogP contribution in [0.1, 0.15) is 37.1 Å². The van der Waals surface area contributed by atoms with Crippen LogP contribution in [0.15, 0.2) is 41.8 Å². The highest BCUT2D eigenvalue weighted by Gasteiger charge is 2.19. The van der Waals surface area contributed by atoms with Crippen molar-refractivity contribution in [2.45, 2.75) is 38.6 Å². The maximum absolute atomic E-state index is 14.1. The lowest BCUT2D eigenvalue weighted by Crippen LogP contribution is -2.39. The summed E-state index contributed by atoms with van der Waals surface area (Å²) in [7, 11) is 0. The Morgan fingerprint density at radius 2 is 1.90 bits per heavy atom. The Morgan fingerprint density at radius 1 is 1.15 bits per heavy atom. The van der Waals surface area contributed by atoms with Crippen LogP contribution in [0.25, 0.3) is 0 Å². The number of hydrogen-bond acceptors (Lipinski definition) is 2. The quantitative estimate of drug-likeness (QED) is 0.849. The number of nitrogens with one attached hydrogen (secondary N) is 1. The van der Waals surface area contributed by atoms with E-state index in [0.717, 1.165) is 18.5 Å². The van der Waals surface area contributed by atoms with Gasteiger partial charge in [0.15, 0.2) is 0 Å². The zero-order chi connectivity index (χ0) is 14.6. The number of rotatable bonds is 5. The summed E-state index contributed by atoms with van der Waals surface area (Å²) in [5.74, 6) is 0.0545. The van der Waals surface area contributed by atoms with Gasteiger partial charge in [-0.05, 0) is 50.3 Å². The third-order valence-corrected chi connectivity index (χ3v) is 4.15. The molecule has 1 nitrogen and oxygen atoms in total. The van der Waals surface area contributed by atoms with E-state index in [4.69, 9.17) is 0 Å². The highest BCUT2D eigenvalue weighted by atomic mass is 32.1. The van der Waals surface area contributed by atoms with Crippen molar-refractivity contribution in [2.75, 3.05) is 6.54 Å². The molecular formula is C17H22FNS. The van der Waals surface area contributed by atoms with Gasteiger partial charge < -0.3 is 5.32 Å². The molecule has 0 fully saturated rings. The largest absolute Gasteiger partial charge is 0.311 e. The molecule has 1 N–H and O–H groups in total. The second-order valence-corrected chi connectivity index (χ2v) is 7.17. The molecule has 2 aromatic rings. The molecule has 0 amide bonds. The first-order valence-electron chi connectivity index (χ1n) is 6.97. The second-order valence-electron chi connectivity index (χ2n) is 6.13. The van der Waals surface area contributed by atoms with Crippen LogP contribution in [0.4, 0.5) is 4.39 Å². The van der Waals surface area contributed by atoms with E-state index in [1.165, 1.54) is 4.88 Å². The summed E-state index contributed by atoms with van der Waals surface area (Å²) in [6, 6.07) is 11.3. The smallest absolute Gasteiger partial charge is 0.126 e. The molecule has 1 atom stereocenters. The van der Waals surface area contributed by atoms with Crippen molar-refractivity contribution in [3.8, 4) is 0 Å². The predicted octanol–water partition coefficient (Wildman–Crippen LogP) is 4.60. The highest BCUT2D eigenvalue weighted by molar-refractivity contribution is 7.09. The average molecular weight is 291 g/mol. The molecule has 0 radical (unpaired) electrons. The molecule has 108 valence electrons. The van der Waals surface area contributed by atoms with Gasteiger partial charge in [0.1, 0.15) is 5.82 Å². The molecule has 0 bridgehead atoms. The van der Waals surface area contributed by atoms with Crippen LogP contribution < -0.4 is 5.32 Å². The molecule has 0 aliphatic heterocycles. The predicted molar refractivity (Wildman–Crippen MR) is 84.9 cm³/mol. The monoisotopic (exact) mass is 291 g/mol. The van der Waals surface area contributed by atoms with Crippen LogP contribution >= 0.6 is 11.3 Å². The number of halogens is 1. The third kappa shape index (κ3) is 4.43. The normalized spacial score (nSPS) is 13.4. The van der Waals surface area contributed by atoms with Gasteiger partial charge in [-0.2, -0.15) is 0 Å². The van der Waals surface area contributed by atoms with E-state index in [0.29, 0.717) is 0 Å². The van der Waals surface area contributed by atoms with Gasteiger partial charge in [0.25, 0.3) is 0 Å². The summed E-state index contributed by atoms with van der Waals surface area (Å²) in [6.45, 7) is 7.19. The van der Waals surface area contributed by atoms with Crippen molar-refractivity contribution in [3.05, 3.63) is 58.0 Å². The first-order chi connectivity index (χ1) is 9.46.